The number of hydrogen-bond donors (Lipinski definition) is 0. The first-order chi connectivity index (χ1) is 7.31. The summed E-state index contributed by atoms with van der Waals surface area (Å²) in [7, 11) is 0. The smallest absolute Gasteiger partial charge is 0.185 e. The molecule has 2 atom stereocenters. The molecule has 0 unspecified atom stereocenters. The third kappa shape index (κ3) is 2.30. The van der Waals surface area contributed by atoms with Crippen molar-refractivity contribution in [1.29, 1.82) is 0 Å². The van der Waals surface area contributed by atoms with Crippen LogP contribution in [0.25, 0.3) is 0 Å². The molecule has 1 aromatic rings. The number of rotatable bonds is 3. The van der Waals surface area contributed by atoms with Gasteiger partial charge in [-0.2, -0.15) is 0 Å². The highest BCUT2D eigenvalue weighted by molar-refractivity contribution is 5.44. The lowest BCUT2D eigenvalue weighted by Crippen LogP contribution is -2.25. The monoisotopic (exact) mass is 207 g/mol. The van der Waals surface area contributed by atoms with Crippen LogP contribution < -0.4 is 5.06 Å². The van der Waals surface area contributed by atoms with Crippen molar-refractivity contribution < 1.29 is 9.57 Å². The van der Waals surface area contributed by atoms with Crippen molar-refractivity contribution in [3.63, 3.8) is 0 Å². The van der Waals surface area contributed by atoms with Gasteiger partial charge in [-0.25, -0.2) is 9.90 Å². The van der Waals surface area contributed by atoms with Gasteiger partial charge < -0.3 is 4.74 Å². The van der Waals surface area contributed by atoms with E-state index < -0.39 is 0 Å². The number of nitrogens with zero attached hydrogens (tertiary/aromatic N) is 1. The molecular weight excluding hydrogens is 190 g/mol. The van der Waals surface area contributed by atoms with E-state index in [2.05, 4.69) is 6.92 Å². The van der Waals surface area contributed by atoms with Gasteiger partial charge in [0, 0.05) is 13.0 Å². The fourth-order valence-electron chi connectivity index (χ4n) is 1.82. The summed E-state index contributed by atoms with van der Waals surface area (Å²) in [4.78, 5) is 5.71. The van der Waals surface area contributed by atoms with Gasteiger partial charge in [-0.1, -0.05) is 18.2 Å². The first kappa shape index (κ1) is 10.5. The number of hydroxylamine groups is 1. The minimum absolute atomic E-state index is 0.0924. The molecule has 3 heteroatoms. The maximum absolute atomic E-state index is 5.71. The molecule has 1 fully saturated rings. The molecule has 0 aliphatic carbocycles. The zero-order chi connectivity index (χ0) is 10.7. The SMILES string of the molecule is CCO[C@H]1C[C@@H](C)N(c2ccccc2)O1. The van der Waals surface area contributed by atoms with Gasteiger partial charge in [0.05, 0.1) is 11.7 Å². The Morgan fingerprint density at radius 1 is 1.40 bits per heavy atom. The molecule has 15 heavy (non-hydrogen) atoms. The van der Waals surface area contributed by atoms with Crippen LogP contribution in [0, 0.1) is 0 Å². The second kappa shape index (κ2) is 4.64. The first-order valence-electron chi connectivity index (χ1n) is 5.44. The van der Waals surface area contributed by atoms with Crippen molar-refractivity contribution in [3.05, 3.63) is 30.3 Å². The normalized spacial score (nSPS) is 25.9. The lowest BCUT2D eigenvalue weighted by atomic mass is 10.2. The quantitative estimate of drug-likeness (QED) is 0.760. The van der Waals surface area contributed by atoms with Gasteiger partial charge in [-0.3, -0.25) is 0 Å². The molecule has 0 amide bonds. The molecule has 0 aromatic heterocycles. The molecule has 1 heterocycles. The van der Waals surface area contributed by atoms with E-state index in [1.165, 1.54) is 0 Å². The van der Waals surface area contributed by atoms with Crippen LogP contribution in [0.5, 0.6) is 0 Å². The predicted molar refractivity (Wildman–Crippen MR) is 59.5 cm³/mol. The van der Waals surface area contributed by atoms with E-state index in [0.29, 0.717) is 12.6 Å². The van der Waals surface area contributed by atoms with Crippen LogP contribution in [-0.4, -0.2) is 18.9 Å². The fraction of sp³-hybridized carbons (Fsp3) is 0.500. The van der Waals surface area contributed by atoms with E-state index in [4.69, 9.17) is 9.57 Å². The van der Waals surface area contributed by atoms with Gasteiger partial charge in [0.15, 0.2) is 6.29 Å². The highest BCUT2D eigenvalue weighted by atomic mass is 16.8. The molecule has 0 bridgehead atoms. The summed E-state index contributed by atoms with van der Waals surface area (Å²) in [6.45, 7) is 4.82. The van der Waals surface area contributed by atoms with Crippen molar-refractivity contribution in [2.45, 2.75) is 32.6 Å². The van der Waals surface area contributed by atoms with E-state index in [1.807, 2.05) is 42.3 Å². The van der Waals surface area contributed by atoms with E-state index in [0.717, 1.165) is 12.1 Å². The summed E-state index contributed by atoms with van der Waals surface area (Å²) in [5.41, 5.74) is 1.09. The standard InChI is InChI=1S/C12H17NO2/c1-3-14-12-9-10(2)13(15-12)11-7-5-4-6-8-11/h4-8,10,12H,3,9H2,1-2H3/t10-,12-/m1/s1. The van der Waals surface area contributed by atoms with Crippen LogP contribution in [0.1, 0.15) is 20.3 Å². The topological polar surface area (TPSA) is 21.7 Å². The van der Waals surface area contributed by atoms with E-state index in [-0.39, 0.29) is 6.29 Å². The average molecular weight is 207 g/mol. The van der Waals surface area contributed by atoms with Gasteiger partial charge in [-0.15, -0.1) is 0 Å². The largest absolute Gasteiger partial charge is 0.350 e. The molecular formula is C12H17NO2. The predicted octanol–water partition coefficient (Wildman–Crippen LogP) is 2.58. The Morgan fingerprint density at radius 3 is 2.80 bits per heavy atom. The number of hydrogen-bond acceptors (Lipinski definition) is 3. The van der Waals surface area contributed by atoms with Gasteiger partial charge in [0.1, 0.15) is 0 Å². The average Bonchev–Trinajstić information content (AvgIpc) is 2.61. The number of anilines is 1. The Balaban J connectivity index is 2.05. The van der Waals surface area contributed by atoms with Gasteiger partial charge in [0.25, 0.3) is 0 Å². The van der Waals surface area contributed by atoms with Gasteiger partial charge >= 0.3 is 0 Å². The molecule has 0 N–H and O–H groups in total. The molecule has 1 aliphatic rings. The van der Waals surface area contributed by atoms with E-state index >= 15 is 0 Å². The van der Waals surface area contributed by atoms with Gasteiger partial charge in [-0.05, 0) is 26.0 Å². The molecule has 0 spiro atoms. The second-order valence-corrected chi connectivity index (χ2v) is 3.74. The van der Waals surface area contributed by atoms with Crippen molar-refractivity contribution in [3.8, 4) is 0 Å². The van der Waals surface area contributed by atoms with E-state index in [9.17, 15) is 0 Å². The van der Waals surface area contributed by atoms with E-state index in [1.54, 1.807) is 0 Å². The fourth-order valence-corrected chi connectivity index (χ4v) is 1.82. The van der Waals surface area contributed by atoms with Gasteiger partial charge in [0.2, 0.25) is 0 Å². The maximum Gasteiger partial charge on any atom is 0.185 e. The Hall–Kier alpha value is -1.06. The summed E-state index contributed by atoms with van der Waals surface area (Å²) in [6.07, 6.45) is 0.827. The van der Waals surface area contributed by atoms with Crippen molar-refractivity contribution >= 4 is 5.69 Å². The zero-order valence-corrected chi connectivity index (χ0v) is 9.22. The molecule has 0 radical (unpaired) electrons. The summed E-state index contributed by atoms with van der Waals surface area (Å²) in [6, 6.07) is 10.5. The molecule has 2 rings (SSSR count). The van der Waals surface area contributed by atoms with Crippen LogP contribution in [0.2, 0.25) is 0 Å². The lowest BCUT2D eigenvalue weighted by Gasteiger charge is -2.21. The molecule has 1 saturated heterocycles. The Morgan fingerprint density at radius 2 is 2.13 bits per heavy atom. The van der Waals surface area contributed by atoms with Crippen LogP contribution in [0.15, 0.2) is 30.3 Å². The van der Waals surface area contributed by atoms with Crippen molar-refractivity contribution in [2.24, 2.45) is 0 Å². The summed E-state index contributed by atoms with van der Waals surface area (Å²) in [5.74, 6) is 0. The highest BCUT2D eigenvalue weighted by Crippen LogP contribution is 2.27. The first-order valence-corrected chi connectivity index (χ1v) is 5.44. The van der Waals surface area contributed by atoms with Crippen molar-refractivity contribution in [1.82, 2.24) is 0 Å². The van der Waals surface area contributed by atoms with Crippen LogP contribution in [0.3, 0.4) is 0 Å². The molecule has 1 aromatic carbocycles. The molecule has 3 nitrogen and oxygen atoms in total. The Labute approximate surface area is 90.6 Å². The highest BCUT2D eigenvalue weighted by Gasteiger charge is 2.30. The molecule has 0 saturated carbocycles. The number of ether oxygens (including phenoxy) is 1. The zero-order valence-electron chi connectivity index (χ0n) is 9.22. The number of benzene rings is 1. The molecule has 1 aliphatic heterocycles. The van der Waals surface area contributed by atoms with Crippen LogP contribution >= 0.6 is 0 Å². The molecule has 82 valence electrons. The second-order valence-electron chi connectivity index (χ2n) is 3.74. The summed E-state index contributed by atoms with van der Waals surface area (Å²) < 4.78 is 5.46. The lowest BCUT2D eigenvalue weighted by molar-refractivity contribution is -0.115. The van der Waals surface area contributed by atoms with Crippen molar-refractivity contribution in [2.75, 3.05) is 11.7 Å². The van der Waals surface area contributed by atoms with Crippen LogP contribution in [0.4, 0.5) is 5.69 Å². The summed E-state index contributed by atoms with van der Waals surface area (Å²) in [5, 5.41) is 1.93. The Kier molecular flexibility index (Phi) is 3.23. The minimum atomic E-state index is -0.0924. The summed E-state index contributed by atoms with van der Waals surface area (Å²) >= 11 is 0. The number of para-hydroxylation sites is 1. The maximum atomic E-state index is 5.71. The van der Waals surface area contributed by atoms with Crippen LogP contribution in [-0.2, 0) is 9.57 Å². The third-order valence-electron chi connectivity index (χ3n) is 2.53. The third-order valence-corrected chi connectivity index (χ3v) is 2.53. The minimum Gasteiger partial charge on any atom is -0.350 e. The Bertz CT molecular complexity index is 302.